The molecule has 3 rings (SSSR count). The fraction of sp³-hybridized carbons (Fsp3) is 0.240. The molecule has 0 atom stereocenters. The molecule has 0 heterocycles. The van der Waals surface area contributed by atoms with Crippen molar-refractivity contribution in [2.45, 2.75) is 32.4 Å². The molecule has 0 spiro atoms. The monoisotopic (exact) mass is 471 g/mol. The van der Waals surface area contributed by atoms with Gasteiger partial charge in [0.25, 0.3) is 0 Å². The summed E-state index contributed by atoms with van der Waals surface area (Å²) in [6.45, 7) is 2.53. The van der Waals surface area contributed by atoms with Gasteiger partial charge in [-0.05, 0) is 41.5 Å². The maximum Gasteiger partial charge on any atom is 0.416 e. The number of nitrogens with one attached hydrogen (secondary N) is 2. The highest BCUT2D eigenvalue weighted by Gasteiger charge is 2.30. The highest BCUT2D eigenvalue weighted by molar-refractivity contribution is 6.02. The molecule has 6 nitrogen and oxygen atoms in total. The number of ether oxygens (including phenoxy) is 1. The summed E-state index contributed by atoms with van der Waals surface area (Å²) in [6, 6.07) is 15.8. The van der Waals surface area contributed by atoms with E-state index >= 15 is 0 Å². The molecule has 2 N–H and O–H groups in total. The van der Waals surface area contributed by atoms with Gasteiger partial charge >= 0.3 is 6.18 Å². The van der Waals surface area contributed by atoms with E-state index in [2.05, 4.69) is 15.8 Å². The minimum absolute atomic E-state index is 0.00817. The topological polar surface area (TPSA) is 79.8 Å². The lowest BCUT2D eigenvalue weighted by molar-refractivity contribution is -0.137. The third kappa shape index (κ3) is 6.81. The van der Waals surface area contributed by atoms with Crippen molar-refractivity contribution in [1.29, 1.82) is 0 Å². The number of hydrogen-bond donors (Lipinski definition) is 2. The molecule has 0 aliphatic heterocycles. The van der Waals surface area contributed by atoms with Crippen molar-refractivity contribution in [3.63, 3.8) is 0 Å². The van der Waals surface area contributed by atoms with Crippen LogP contribution in [0.15, 0.2) is 65.8 Å². The molecule has 0 saturated heterocycles. The number of amides is 2. The van der Waals surface area contributed by atoms with Gasteiger partial charge in [0.15, 0.2) is 0 Å². The van der Waals surface area contributed by atoms with E-state index in [0.717, 1.165) is 29.3 Å². The Morgan fingerprint density at radius 2 is 1.76 bits per heavy atom. The van der Waals surface area contributed by atoms with Crippen molar-refractivity contribution in [2.75, 3.05) is 11.9 Å². The Labute approximate surface area is 194 Å². The fourth-order valence-electron chi connectivity index (χ4n) is 3.20. The zero-order valence-corrected chi connectivity index (χ0v) is 18.5. The molecule has 0 aliphatic rings. The Balaban J connectivity index is 1.58. The van der Waals surface area contributed by atoms with Crippen LogP contribution in [0, 0.1) is 0 Å². The molecule has 0 bridgehead atoms. The molecule has 2 amide bonds. The normalized spacial score (nSPS) is 11.5. The van der Waals surface area contributed by atoms with Crippen molar-refractivity contribution in [3.05, 3.63) is 71.8 Å². The Kier molecular flexibility index (Phi) is 8.24. The van der Waals surface area contributed by atoms with Crippen LogP contribution in [0.1, 0.15) is 37.3 Å². The van der Waals surface area contributed by atoms with Gasteiger partial charge in [-0.3, -0.25) is 9.59 Å². The Hall–Kier alpha value is -3.88. The molecular formula is C25H24F3N3O3. The quantitative estimate of drug-likeness (QED) is 0.319. The number of rotatable bonds is 9. The molecule has 3 aromatic rings. The maximum absolute atomic E-state index is 12.8. The number of benzene rings is 3. The summed E-state index contributed by atoms with van der Waals surface area (Å²) in [5.74, 6) is -0.450. The molecule has 0 saturated carbocycles. The van der Waals surface area contributed by atoms with Gasteiger partial charge < -0.3 is 10.1 Å². The van der Waals surface area contributed by atoms with Crippen LogP contribution in [0.3, 0.4) is 0 Å². The minimum atomic E-state index is -4.51. The first-order chi connectivity index (χ1) is 16.3. The van der Waals surface area contributed by atoms with Gasteiger partial charge in [-0.1, -0.05) is 43.3 Å². The van der Waals surface area contributed by atoms with E-state index in [9.17, 15) is 22.8 Å². The standard InChI is InChI=1S/C25H24F3N3O3/c1-2-14-34-22-11-10-17-6-3-4-9-20(17)21(22)16-29-31-24(33)13-12-23(32)30-19-8-5-7-18(15-19)25(26,27)28/h3-11,15-16H,2,12-14H2,1H3,(H,30,32)(H,31,33). The van der Waals surface area contributed by atoms with Gasteiger partial charge in [0.2, 0.25) is 11.8 Å². The summed E-state index contributed by atoms with van der Waals surface area (Å²) < 4.78 is 44.1. The van der Waals surface area contributed by atoms with Gasteiger partial charge in [-0.15, -0.1) is 0 Å². The lowest BCUT2D eigenvalue weighted by Gasteiger charge is -2.11. The second-order valence-corrected chi connectivity index (χ2v) is 7.47. The number of hydrogen-bond acceptors (Lipinski definition) is 4. The highest BCUT2D eigenvalue weighted by atomic mass is 19.4. The van der Waals surface area contributed by atoms with E-state index in [1.807, 2.05) is 43.3 Å². The van der Waals surface area contributed by atoms with Crippen LogP contribution < -0.4 is 15.5 Å². The number of carbonyl (C=O) groups is 2. The smallest absolute Gasteiger partial charge is 0.416 e. The number of alkyl halides is 3. The fourth-order valence-corrected chi connectivity index (χ4v) is 3.20. The molecular weight excluding hydrogens is 447 g/mol. The first kappa shape index (κ1) is 24.8. The maximum atomic E-state index is 12.8. The van der Waals surface area contributed by atoms with Crippen LogP contribution in [0.5, 0.6) is 5.75 Å². The van der Waals surface area contributed by atoms with Crippen molar-refractivity contribution in [1.82, 2.24) is 5.43 Å². The van der Waals surface area contributed by atoms with Gasteiger partial charge in [-0.25, -0.2) is 5.43 Å². The summed E-state index contributed by atoms with van der Waals surface area (Å²) >= 11 is 0. The van der Waals surface area contributed by atoms with Gasteiger partial charge in [0.05, 0.1) is 18.4 Å². The average molecular weight is 471 g/mol. The number of fused-ring (bicyclic) bond motifs is 1. The Morgan fingerprint density at radius 1 is 1.00 bits per heavy atom. The summed E-state index contributed by atoms with van der Waals surface area (Å²) in [6.07, 6.45) is -2.58. The summed E-state index contributed by atoms with van der Waals surface area (Å²) in [7, 11) is 0. The first-order valence-corrected chi connectivity index (χ1v) is 10.7. The molecule has 0 radical (unpaired) electrons. The SMILES string of the molecule is CCCOc1ccc2ccccc2c1C=NNC(=O)CCC(=O)Nc1cccc(C(F)(F)F)c1. The van der Waals surface area contributed by atoms with Gasteiger partial charge in [-0.2, -0.15) is 18.3 Å². The van der Waals surface area contributed by atoms with E-state index in [1.54, 1.807) is 0 Å². The average Bonchev–Trinajstić information content (AvgIpc) is 2.81. The largest absolute Gasteiger partial charge is 0.493 e. The third-order valence-electron chi connectivity index (χ3n) is 4.83. The zero-order chi connectivity index (χ0) is 24.6. The van der Waals surface area contributed by atoms with E-state index in [-0.39, 0.29) is 18.5 Å². The molecule has 3 aromatic carbocycles. The van der Waals surface area contributed by atoms with Crippen LogP contribution in [0.2, 0.25) is 0 Å². The van der Waals surface area contributed by atoms with Crippen molar-refractivity contribution < 1.29 is 27.5 Å². The Morgan fingerprint density at radius 3 is 2.53 bits per heavy atom. The molecule has 0 aromatic heterocycles. The molecule has 0 aliphatic carbocycles. The molecule has 0 fully saturated rings. The number of anilines is 1. The lowest BCUT2D eigenvalue weighted by atomic mass is 10.0. The second-order valence-electron chi connectivity index (χ2n) is 7.47. The van der Waals surface area contributed by atoms with Crippen LogP contribution >= 0.6 is 0 Å². The minimum Gasteiger partial charge on any atom is -0.493 e. The predicted octanol–water partition coefficient (Wildman–Crippen LogP) is 5.52. The predicted molar refractivity (Wildman–Crippen MR) is 125 cm³/mol. The van der Waals surface area contributed by atoms with E-state index in [4.69, 9.17) is 4.74 Å². The number of halogens is 3. The molecule has 9 heteroatoms. The van der Waals surface area contributed by atoms with Crippen LogP contribution in [-0.2, 0) is 15.8 Å². The number of hydrazone groups is 1. The molecule has 0 unspecified atom stereocenters. The van der Waals surface area contributed by atoms with Crippen molar-refractivity contribution >= 4 is 34.5 Å². The number of carbonyl (C=O) groups excluding carboxylic acids is 2. The highest BCUT2D eigenvalue weighted by Crippen LogP contribution is 2.30. The Bertz CT molecular complexity index is 1190. The third-order valence-corrected chi connectivity index (χ3v) is 4.83. The van der Waals surface area contributed by atoms with Gasteiger partial charge in [0.1, 0.15) is 5.75 Å². The van der Waals surface area contributed by atoms with E-state index in [1.165, 1.54) is 18.3 Å². The van der Waals surface area contributed by atoms with Crippen molar-refractivity contribution in [2.24, 2.45) is 5.10 Å². The van der Waals surface area contributed by atoms with Crippen LogP contribution in [-0.4, -0.2) is 24.6 Å². The lowest BCUT2D eigenvalue weighted by Crippen LogP contribution is -2.21. The van der Waals surface area contributed by atoms with Gasteiger partial charge in [0, 0.05) is 24.1 Å². The zero-order valence-electron chi connectivity index (χ0n) is 18.5. The van der Waals surface area contributed by atoms with E-state index in [0.29, 0.717) is 17.9 Å². The summed E-state index contributed by atoms with van der Waals surface area (Å²) in [5.41, 5.74) is 2.23. The molecule has 34 heavy (non-hydrogen) atoms. The van der Waals surface area contributed by atoms with Crippen LogP contribution in [0.4, 0.5) is 18.9 Å². The van der Waals surface area contributed by atoms with E-state index < -0.39 is 23.6 Å². The summed E-state index contributed by atoms with van der Waals surface area (Å²) in [5, 5.41) is 8.27. The first-order valence-electron chi connectivity index (χ1n) is 10.7. The second kappa shape index (κ2) is 11.3. The number of nitrogens with zero attached hydrogens (tertiary/aromatic N) is 1. The van der Waals surface area contributed by atoms with Crippen molar-refractivity contribution in [3.8, 4) is 5.75 Å². The summed E-state index contributed by atoms with van der Waals surface area (Å²) in [4.78, 5) is 24.1. The van der Waals surface area contributed by atoms with Crippen LogP contribution in [0.25, 0.3) is 10.8 Å². The molecule has 178 valence electrons.